The number of carbonyl (C=O) groups excluding carboxylic acids is 4. The van der Waals surface area contributed by atoms with Crippen LogP contribution in [-0.4, -0.2) is 114 Å². The highest BCUT2D eigenvalue weighted by molar-refractivity contribution is 9.09. The molecule has 0 bridgehead atoms. The topological polar surface area (TPSA) is 163 Å². The van der Waals surface area contributed by atoms with Crippen LogP contribution < -0.4 is 24.4 Å². The van der Waals surface area contributed by atoms with Gasteiger partial charge in [-0.15, -0.1) is 12.4 Å². The number of aliphatic hydroxyl groups is 1. The molecule has 4 aliphatic rings. The second-order valence-electron chi connectivity index (χ2n) is 14.0. The zero-order chi connectivity index (χ0) is 36.9. The predicted molar refractivity (Wildman–Crippen MR) is 204 cm³/mol. The van der Waals surface area contributed by atoms with Gasteiger partial charge in [0.25, 0.3) is 5.91 Å². The fourth-order valence-electron chi connectivity index (χ4n) is 8.20. The number of amides is 2. The molecule has 3 aromatic rings. The summed E-state index contributed by atoms with van der Waals surface area (Å²) >= 11 is 3.69. The number of nitrogens with one attached hydrogen (secondary N) is 2. The number of methoxy groups -OCH3 is 3. The number of rotatable bonds is 7. The minimum atomic E-state index is -1.77. The summed E-state index contributed by atoms with van der Waals surface area (Å²) in [5, 5.41) is 13.6. The molecule has 0 spiro atoms. The summed E-state index contributed by atoms with van der Waals surface area (Å²) < 4.78 is 22.2. The number of H-pyrrole nitrogens is 1. The summed E-state index contributed by atoms with van der Waals surface area (Å²) in [6, 6.07) is 5.41. The normalized spacial score (nSPS) is 21.7. The molecule has 7 rings (SSSR count). The van der Waals surface area contributed by atoms with E-state index in [-0.39, 0.29) is 53.1 Å². The van der Waals surface area contributed by atoms with E-state index in [1.54, 1.807) is 23.1 Å². The van der Waals surface area contributed by atoms with Gasteiger partial charge in [-0.05, 0) is 69.8 Å². The van der Waals surface area contributed by atoms with Crippen LogP contribution in [0.25, 0.3) is 10.9 Å². The highest BCUT2D eigenvalue weighted by Crippen LogP contribution is 2.49. The molecule has 286 valence electrons. The Morgan fingerprint density at radius 2 is 1.70 bits per heavy atom. The van der Waals surface area contributed by atoms with Crippen molar-refractivity contribution in [3.63, 3.8) is 0 Å². The van der Waals surface area contributed by atoms with E-state index in [0.29, 0.717) is 64.8 Å². The summed E-state index contributed by atoms with van der Waals surface area (Å²) in [7, 11) is 4.16. The minimum absolute atomic E-state index is 0. The van der Waals surface area contributed by atoms with Crippen LogP contribution in [0.15, 0.2) is 18.2 Å². The first kappa shape index (κ1) is 38.7. The lowest BCUT2D eigenvalue weighted by atomic mass is 9.88. The van der Waals surface area contributed by atoms with Gasteiger partial charge in [-0.25, -0.2) is 9.59 Å². The number of aromatic nitrogens is 1. The maximum atomic E-state index is 14.4. The van der Waals surface area contributed by atoms with E-state index in [0.717, 1.165) is 25.9 Å². The number of benzene rings is 2. The van der Waals surface area contributed by atoms with Crippen molar-refractivity contribution >= 4 is 74.4 Å². The molecule has 0 saturated carbocycles. The lowest BCUT2D eigenvalue weighted by molar-refractivity contribution is -0.143. The summed E-state index contributed by atoms with van der Waals surface area (Å²) in [5.41, 5.74) is 0.745. The van der Waals surface area contributed by atoms with Crippen molar-refractivity contribution in [3.05, 3.63) is 40.6 Å². The van der Waals surface area contributed by atoms with Crippen LogP contribution in [0.4, 0.5) is 16.2 Å². The first-order valence-corrected chi connectivity index (χ1v) is 18.6. The molecule has 16 heteroatoms. The van der Waals surface area contributed by atoms with Gasteiger partial charge >= 0.3 is 12.1 Å². The van der Waals surface area contributed by atoms with Crippen LogP contribution in [0, 0.1) is 0 Å². The number of hydrogen-bond donors (Lipinski definition) is 3. The number of halogens is 2. The molecule has 4 aliphatic heterocycles. The number of fused-ring (bicyclic) bond motifs is 4. The SMILES string of the molecule is COC(=O)C1(C)Nc2c(OC(=O)N3CCC(N4CCCCC4)CC3)cc3c(c2C1=O)CC(Br)CN3C(=O)c1cc2cc(CO)c(OC)c(OC)c2[nH]1.Cl. The Morgan fingerprint density at radius 3 is 2.34 bits per heavy atom. The summed E-state index contributed by atoms with van der Waals surface area (Å²) in [6.07, 6.45) is 5.13. The van der Waals surface area contributed by atoms with E-state index in [2.05, 4.69) is 31.1 Å². The van der Waals surface area contributed by atoms with Crippen molar-refractivity contribution in [3.8, 4) is 17.2 Å². The van der Waals surface area contributed by atoms with Gasteiger partial charge in [-0.1, -0.05) is 22.4 Å². The quantitative estimate of drug-likeness (QED) is 0.166. The van der Waals surface area contributed by atoms with E-state index in [1.165, 1.54) is 52.4 Å². The van der Waals surface area contributed by atoms with Gasteiger partial charge in [0.1, 0.15) is 5.69 Å². The van der Waals surface area contributed by atoms with Crippen molar-refractivity contribution in [2.24, 2.45) is 0 Å². The Bertz CT molecular complexity index is 1940. The fourth-order valence-corrected chi connectivity index (χ4v) is 8.82. The fraction of sp³-hybridized carbons (Fsp3) is 0.514. The van der Waals surface area contributed by atoms with Gasteiger partial charge in [-0.2, -0.15) is 0 Å². The van der Waals surface area contributed by atoms with Crippen molar-refractivity contribution in [2.75, 3.05) is 64.3 Å². The maximum absolute atomic E-state index is 14.4. The van der Waals surface area contributed by atoms with Crippen LogP contribution in [0.2, 0.25) is 0 Å². The highest BCUT2D eigenvalue weighted by Gasteiger charge is 2.52. The standard InChI is InChI=1S/C37H44BrN5O9.ClH/c1-37(35(47)51-4)33(45)28-24-16-22(38)18-43(34(46)25-15-20-14-21(19-44)31(49-2)32(50-3)29(20)39-25)26(24)17-27(30(28)40-37)52-36(48)42-12-8-23(9-13-42)41-10-6-5-7-11-41;/h14-15,17,22-23,39-40,44H,5-13,16,18-19H2,1-4H3;1H. The number of aliphatic hydroxyl groups excluding tert-OH is 1. The van der Waals surface area contributed by atoms with Crippen LogP contribution >= 0.6 is 28.3 Å². The number of alkyl halides is 1. The second-order valence-corrected chi connectivity index (χ2v) is 15.3. The Kier molecular flexibility index (Phi) is 11.2. The smallest absolute Gasteiger partial charge is 0.415 e. The third-order valence-electron chi connectivity index (χ3n) is 10.9. The highest BCUT2D eigenvalue weighted by atomic mass is 79.9. The first-order valence-electron chi connectivity index (χ1n) is 17.7. The van der Waals surface area contributed by atoms with E-state index >= 15 is 0 Å². The number of ether oxygens (including phenoxy) is 4. The molecule has 2 amide bonds. The molecule has 2 saturated heterocycles. The average molecular weight is 819 g/mol. The number of piperidine rings is 2. The summed E-state index contributed by atoms with van der Waals surface area (Å²) in [5.74, 6) is -1.02. The zero-order valence-electron chi connectivity index (χ0n) is 30.2. The lowest BCUT2D eigenvalue weighted by Gasteiger charge is -2.39. The molecular weight excluding hydrogens is 774 g/mol. The molecule has 1 aromatic heterocycles. The van der Waals surface area contributed by atoms with Gasteiger partial charge in [0.15, 0.2) is 22.8 Å². The molecule has 2 unspecified atom stereocenters. The van der Waals surface area contributed by atoms with Gasteiger partial charge in [-0.3, -0.25) is 9.59 Å². The van der Waals surface area contributed by atoms with Gasteiger partial charge < -0.3 is 49.1 Å². The maximum Gasteiger partial charge on any atom is 0.415 e. The lowest BCUT2D eigenvalue weighted by Crippen LogP contribution is -2.48. The Balaban J connectivity index is 0.00000481. The Hall–Kier alpha value is -4.05. The van der Waals surface area contributed by atoms with Crippen molar-refractivity contribution < 1.29 is 43.2 Å². The summed E-state index contributed by atoms with van der Waals surface area (Å²) in [6.45, 7) is 4.60. The number of aromatic amines is 1. The molecule has 3 N–H and O–H groups in total. The summed E-state index contributed by atoms with van der Waals surface area (Å²) in [4.78, 5) is 64.1. The van der Waals surface area contributed by atoms with E-state index in [9.17, 15) is 24.3 Å². The van der Waals surface area contributed by atoms with Gasteiger partial charge in [0.2, 0.25) is 5.78 Å². The largest absolute Gasteiger partial charge is 0.492 e. The molecule has 2 fully saturated rings. The van der Waals surface area contributed by atoms with Crippen LogP contribution in [0.1, 0.15) is 71.0 Å². The zero-order valence-corrected chi connectivity index (χ0v) is 32.6. The van der Waals surface area contributed by atoms with Crippen LogP contribution in [0.5, 0.6) is 17.2 Å². The van der Waals surface area contributed by atoms with Crippen molar-refractivity contribution in [2.45, 2.75) is 68.5 Å². The molecule has 14 nitrogen and oxygen atoms in total. The number of Topliss-reactive ketones (excluding diaryl/α,β-unsaturated/α-hetero) is 1. The number of nitrogens with zero attached hydrogens (tertiary/aromatic N) is 3. The van der Waals surface area contributed by atoms with Crippen molar-refractivity contribution in [1.29, 1.82) is 0 Å². The van der Waals surface area contributed by atoms with E-state index < -0.39 is 29.3 Å². The molecule has 53 heavy (non-hydrogen) atoms. The number of ketones is 1. The third-order valence-corrected chi connectivity index (χ3v) is 11.5. The van der Waals surface area contributed by atoms with Crippen molar-refractivity contribution in [1.82, 2.24) is 14.8 Å². The molecule has 2 atom stereocenters. The van der Waals surface area contributed by atoms with Gasteiger partial charge in [0, 0.05) is 47.5 Å². The molecular formula is C37H45BrClN5O9. The number of likely N-dealkylation sites (tertiary alicyclic amines) is 2. The molecule has 0 aliphatic carbocycles. The Morgan fingerprint density at radius 1 is 1.00 bits per heavy atom. The molecule has 5 heterocycles. The third kappa shape index (κ3) is 6.70. The number of esters is 1. The number of carbonyl (C=O) groups is 4. The first-order chi connectivity index (χ1) is 25.0. The van der Waals surface area contributed by atoms with Gasteiger partial charge in [0.05, 0.1) is 50.4 Å². The Labute approximate surface area is 321 Å². The van der Waals surface area contributed by atoms with Crippen LogP contribution in [-0.2, 0) is 22.6 Å². The number of hydrogen-bond acceptors (Lipinski definition) is 11. The van der Waals surface area contributed by atoms with E-state index in [1.807, 2.05) is 0 Å². The predicted octanol–water partition coefficient (Wildman–Crippen LogP) is 5.05. The van der Waals surface area contributed by atoms with Crippen LogP contribution in [0.3, 0.4) is 0 Å². The molecule has 0 radical (unpaired) electrons. The average Bonchev–Trinajstić information content (AvgIpc) is 3.72. The monoisotopic (exact) mass is 817 g/mol. The minimum Gasteiger partial charge on any atom is -0.492 e. The van der Waals surface area contributed by atoms with E-state index in [4.69, 9.17) is 18.9 Å². The molecule has 2 aromatic carbocycles. The number of anilines is 2. The second kappa shape index (κ2) is 15.4.